The van der Waals surface area contributed by atoms with Crippen LogP contribution in [0.3, 0.4) is 0 Å². The van der Waals surface area contributed by atoms with Gasteiger partial charge in [0, 0.05) is 198 Å². The van der Waals surface area contributed by atoms with Gasteiger partial charge in [-0.15, -0.1) is 0 Å². The summed E-state index contributed by atoms with van der Waals surface area (Å²) in [6, 6.07) is 16.4. The van der Waals surface area contributed by atoms with Crippen molar-refractivity contribution in [3.63, 3.8) is 0 Å². The van der Waals surface area contributed by atoms with Crippen molar-refractivity contribution in [2.24, 2.45) is 29.4 Å². The highest BCUT2D eigenvalue weighted by atomic mass is 32.2. The number of amides is 1. The number of ketones is 2. The lowest BCUT2D eigenvalue weighted by atomic mass is 9.82. The Morgan fingerprint density at radius 2 is 0.883 bits per heavy atom. The molecule has 2 saturated carbocycles. The zero-order valence-corrected chi connectivity index (χ0v) is 87.3. The molecule has 1 amide bonds. The predicted octanol–water partition coefficient (Wildman–Crippen LogP) is 11.5. The van der Waals surface area contributed by atoms with Crippen molar-refractivity contribution in [1.29, 1.82) is 0 Å². The van der Waals surface area contributed by atoms with E-state index in [9.17, 15) is 82.4 Å². The molecule has 12 aliphatic rings. The molecule has 33 heteroatoms. The van der Waals surface area contributed by atoms with Gasteiger partial charge in [-0.1, -0.05) is 126 Å². The highest BCUT2D eigenvalue weighted by Crippen LogP contribution is 2.52. The third-order valence-electron chi connectivity index (χ3n) is 31.1. The molecule has 784 valence electrons. The van der Waals surface area contributed by atoms with Crippen LogP contribution in [-0.2, 0) is 111 Å². The van der Waals surface area contributed by atoms with Gasteiger partial charge in [-0.25, -0.2) is 52.3 Å². The first-order chi connectivity index (χ1) is 69.8. The van der Waals surface area contributed by atoms with Crippen molar-refractivity contribution in [1.82, 2.24) is 23.9 Å². The van der Waals surface area contributed by atoms with Gasteiger partial charge in [0.1, 0.15) is 81.0 Å². The number of carboxylic acid groups (broad SMARTS) is 1. The van der Waals surface area contributed by atoms with E-state index < -0.39 is 86.4 Å². The zero-order chi connectivity index (χ0) is 102. The van der Waals surface area contributed by atoms with Crippen LogP contribution in [0, 0.1) is 23.7 Å². The number of carbonyl (C=O) groups excluding carboxylic acids is 3. The SMILES string of the molecule is CCCCCC(O)/C=C/[C@H]1C(=O)CC(O)C1C/C=C\CCCC(=O)NCCCCCNS(=O)(=O)c1ccc(C2=c3cc4c5c(c3Oc3c2cc2c6c3CCCN6CCC2)CCC[N+]=5CCC4)c(S(=O)(=O)[O-])c1.CCCCCC(O)/C=C/[C@H]1C(=O)CC(O)C1C/C=C\CCCC(=O)O.NCCCCCNS(=O)(=O)c1ccc(C2=c3cc4c5c(c3Oc3c2cc2c6c3CCCN6CCC2)CCC[N+]=5CCC4)c(S(=O)(=O)[O-])c1. The molecule has 0 aromatic heterocycles. The molecule has 0 spiro atoms. The van der Waals surface area contributed by atoms with Gasteiger partial charge in [0.2, 0.25) is 36.7 Å². The second-order valence-corrected chi connectivity index (χ2v) is 47.5. The molecular formula is C112H146N8O21S4. The number of aryl methyl sites for hydroxylation is 4. The van der Waals surface area contributed by atoms with Crippen LogP contribution in [0.15, 0.2) is 129 Å². The molecule has 2 aliphatic carbocycles. The molecule has 18 rings (SSSR count). The van der Waals surface area contributed by atoms with Crippen LogP contribution in [0.2, 0.25) is 0 Å². The molecule has 10 heterocycles. The van der Waals surface area contributed by atoms with E-state index in [2.05, 4.69) is 71.8 Å². The van der Waals surface area contributed by atoms with Crippen LogP contribution in [0.1, 0.15) is 286 Å². The molecule has 10 aliphatic heterocycles. The zero-order valence-electron chi connectivity index (χ0n) is 84.0. The summed E-state index contributed by atoms with van der Waals surface area (Å²) in [4.78, 5) is 50.8. The fourth-order valence-corrected chi connectivity index (χ4v) is 27.8. The molecule has 0 bridgehead atoms. The predicted molar refractivity (Wildman–Crippen MR) is 556 cm³/mol. The Balaban J connectivity index is 0.000000176. The van der Waals surface area contributed by atoms with Crippen LogP contribution in [0.4, 0.5) is 11.4 Å². The third kappa shape index (κ3) is 25.3. The van der Waals surface area contributed by atoms with Crippen molar-refractivity contribution >= 4 is 86.2 Å². The number of unbranched alkanes of at least 4 members (excludes halogenated alkanes) is 10. The van der Waals surface area contributed by atoms with Gasteiger partial charge < -0.3 is 65.0 Å². The van der Waals surface area contributed by atoms with Crippen molar-refractivity contribution in [3.8, 4) is 23.0 Å². The van der Waals surface area contributed by atoms with Gasteiger partial charge in [-0.05, 0) is 220 Å². The Morgan fingerprint density at radius 1 is 0.476 bits per heavy atom. The van der Waals surface area contributed by atoms with Gasteiger partial charge in [0.25, 0.3) is 0 Å². The number of anilines is 2. The van der Waals surface area contributed by atoms with E-state index in [1.807, 2.05) is 24.3 Å². The Hall–Kier alpha value is -9.46. The number of nitrogens with zero attached hydrogens (tertiary/aromatic N) is 4. The summed E-state index contributed by atoms with van der Waals surface area (Å²) < 4.78 is 158. The number of rotatable bonds is 43. The minimum absolute atomic E-state index is 0.00797. The van der Waals surface area contributed by atoms with E-state index >= 15 is 0 Å². The number of hydrogen-bond acceptors (Lipinski definition) is 23. The second kappa shape index (κ2) is 48.9. The van der Waals surface area contributed by atoms with Crippen molar-refractivity contribution < 1.29 is 97.0 Å². The second-order valence-electron chi connectivity index (χ2n) is 41.3. The molecule has 2 fully saturated rings. The van der Waals surface area contributed by atoms with Gasteiger partial charge in [-0.2, -0.15) is 0 Å². The smallest absolute Gasteiger partial charge is 0.303 e. The summed E-state index contributed by atoms with van der Waals surface area (Å²) in [6.45, 7) is 13.3. The summed E-state index contributed by atoms with van der Waals surface area (Å²) >= 11 is 0. The molecule has 0 saturated heterocycles. The van der Waals surface area contributed by atoms with Gasteiger partial charge in [0.15, 0.2) is 0 Å². The number of ether oxygens (including phenoxy) is 2. The molecule has 29 nitrogen and oxygen atoms in total. The largest absolute Gasteiger partial charge is 0.744 e. The van der Waals surface area contributed by atoms with Gasteiger partial charge >= 0.3 is 5.97 Å². The Kier molecular flexibility index (Phi) is 36.5. The number of allylic oxidation sites excluding steroid dienone is 6. The van der Waals surface area contributed by atoms with Crippen LogP contribution >= 0.6 is 0 Å². The summed E-state index contributed by atoms with van der Waals surface area (Å²) in [5, 5.41) is 56.3. The molecule has 10 N–H and O–H groups in total. The van der Waals surface area contributed by atoms with Crippen LogP contribution in [0.25, 0.3) is 11.1 Å². The standard InChI is InChI=1S/C56H72N4O10S2.C36H42N4O6S2.C20H32O5/c1-2-3-7-18-39(61)23-25-42-41(48(62)36-49(42)63)19-8-4-5-9-22-51(64)57-27-10-6-11-28-58-71(65,66)40-24-26-43(50(35-40)72(67,68)69)52-46-33-37-16-12-29-59-31-14-20-44(53(37)59)55(46)70-56-45-21-15-32-60-30-13-17-38(54(45)60)34-47(52)56;37-14-2-1-3-15-38-47(41,42)25-12-13-26(31(22-25)48(43,44)45)32-29-20-23-8-4-16-39-18-6-10-27(33(23)39)35(29)46-36-28-11-7-19-40-17-5-9-24(34(28)40)21-30(32)36;1-2-3-6-9-15(21)12-13-17-16(18(22)14-19(17)23)10-7-4-5-8-11-20(24)25/h4,8,23-26,33-35,39,41-42,48,58,61-62H,2-3,5-7,9-22,27-32,36H2,1H3,(H-,57,64,67,68,69);12-13,20-22,38H,1-11,14-19,37H2;4,7,12-13,15-18,21-22H,2-3,5-6,8-11,14H2,1H3,(H,24,25)/b8-4-,25-23+;;7-4-,13-12+/t39?,41?,42-,48?;;15?,16?,17-,18?/m1.1/s1. The quantitative estimate of drug-likeness (QED) is 0.00742. The van der Waals surface area contributed by atoms with Gasteiger partial charge in [-0.3, -0.25) is 19.2 Å². The molecule has 8 atom stereocenters. The maximum Gasteiger partial charge on any atom is 0.303 e. The van der Waals surface area contributed by atoms with Gasteiger partial charge in [0.05, 0.1) is 55.1 Å². The first-order valence-corrected chi connectivity index (χ1v) is 59.3. The minimum Gasteiger partial charge on any atom is -0.744 e. The number of nitrogens with two attached hydrogens (primary N) is 1. The third-order valence-corrected chi connectivity index (χ3v) is 35.7. The Labute approximate surface area is 854 Å². The first kappa shape index (κ1) is 108. The number of aliphatic hydroxyl groups is 4. The number of carbonyl (C=O) groups is 4. The summed E-state index contributed by atoms with van der Waals surface area (Å²) in [7, 11) is -18.6. The Bertz CT molecular complexity index is 6740. The van der Waals surface area contributed by atoms with E-state index in [1.165, 1.54) is 68.6 Å². The molecule has 6 aromatic rings. The number of nitrogens with one attached hydrogen (secondary N) is 3. The molecule has 6 aromatic carbocycles. The fraction of sp³-hybridized carbons (Fsp3) is 0.554. The number of aliphatic carboxylic acids is 1. The normalized spacial score (nSPS) is 20.7. The summed E-state index contributed by atoms with van der Waals surface area (Å²) in [5.41, 5.74) is 20.4. The average molecular weight is 2070 g/mol. The number of hydrogen-bond donors (Lipinski definition) is 9. The van der Waals surface area contributed by atoms with E-state index in [0.29, 0.717) is 119 Å². The lowest BCUT2D eigenvalue weighted by Gasteiger charge is -2.39. The molecule has 6 unspecified atom stereocenters. The van der Waals surface area contributed by atoms with Crippen LogP contribution < -0.4 is 70.1 Å². The van der Waals surface area contributed by atoms with Crippen LogP contribution in [0.5, 0.6) is 23.0 Å². The van der Waals surface area contributed by atoms with Crippen molar-refractivity contribution in [2.75, 3.05) is 88.3 Å². The number of sulfonamides is 2. The lowest BCUT2D eigenvalue weighted by molar-refractivity contribution is -0.137. The molecular weight excluding hydrogens is 1920 g/mol. The maximum absolute atomic E-state index is 13.8. The number of aliphatic hydroxyl groups excluding tert-OH is 4. The first-order valence-electron chi connectivity index (χ1n) is 53.5. The topological polar surface area (TPSA) is 445 Å². The average Bonchev–Trinajstić information content (AvgIpc) is 1.41. The molecule has 145 heavy (non-hydrogen) atoms. The fourth-order valence-electron chi connectivity index (χ4n) is 24.0. The van der Waals surface area contributed by atoms with Crippen molar-refractivity contribution in [2.45, 2.75) is 315 Å². The van der Waals surface area contributed by atoms with E-state index in [0.717, 1.165) is 274 Å². The minimum atomic E-state index is -5.19. The Morgan fingerprint density at radius 3 is 1.31 bits per heavy atom. The monoisotopic (exact) mass is 2070 g/mol. The molecule has 0 radical (unpaired) electrons. The van der Waals surface area contributed by atoms with E-state index in [4.69, 9.17) is 20.3 Å². The van der Waals surface area contributed by atoms with Crippen molar-refractivity contribution in [3.05, 3.63) is 197 Å². The van der Waals surface area contributed by atoms with Crippen LogP contribution in [-0.4, -0.2) is 195 Å². The summed E-state index contributed by atoms with van der Waals surface area (Å²) in [6.07, 6.45) is 42.9. The van der Waals surface area contributed by atoms with E-state index in [1.54, 1.807) is 24.3 Å². The lowest BCUT2D eigenvalue weighted by Crippen LogP contribution is -2.45. The number of benzene rings is 6. The number of fused-ring (bicyclic) bond motifs is 8. The number of Topliss-reactive ketones (excluding diaryl/α,β-unsaturated/α-hetero) is 2. The number of carboxylic acids is 1. The highest BCUT2D eigenvalue weighted by Gasteiger charge is 2.44. The highest BCUT2D eigenvalue weighted by molar-refractivity contribution is 7.90. The maximum atomic E-state index is 13.8. The summed E-state index contributed by atoms with van der Waals surface area (Å²) in [5.74, 6) is 0.848. The van der Waals surface area contributed by atoms with E-state index in [-0.39, 0.29) is 88.5 Å².